The van der Waals surface area contributed by atoms with E-state index in [2.05, 4.69) is 10.1 Å². The molecule has 0 amide bonds. The van der Waals surface area contributed by atoms with Crippen LogP contribution >= 0.6 is 11.6 Å². The topological polar surface area (TPSA) is 38.3 Å². The summed E-state index contributed by atoms with van der Waals surface area (Å²) in [4.78, 5) is 11.3. The van der Waals surface area contributed by atoms with Gasteiger partial charge in [-0.2, -0.15) is 0 Å². The van der Waals surface area contributed by atoms with Crippen molar-refractivity contribution in [2.75, 3.05) is 14.2 Å². The largest absolute Gasteiger partial charge is 0.465 e. The number of carbonyl (C=O) groups is 1. The standard InChI is InChI=1S/C12H16ClNO2/c1-12(2,14-3)8-5-6-9(10(13)7-8)11(15)16-4/h5-7,14H,1-4H3. The summed E-state index contributed by atoms with van der Waals surface area (Å²) in [7, 11) is 3.21. The zero-order chi connectivity index (χ0) is 12.3. The van der Waals surface area contributed by atoms with Crippen LogP contribution in [0.5, 0.6) is 0 Å². The van der Waals surface area contributed by atoms with Gasteiger partial charge in [0.05, 0.1) is 17.7 Å². The lowest BCUT2D eigenvalue weighted by Crippen LogP contribution is -2.33. The number of nitrogens with one attached hydrogen (secondary N) is 1. The molecular formula is C12H16ClNO2. The summed E-state index contributed by atoms with van der Waals surface area (Å²) in [5.41, 5.74) is 1.23. The first kappa shape index (κ1) is 13.0. The van der Waals surface area contributed by atoms with Crippen LogP contribution in [0.3, 0.4) is 0 Å². The van der Waals surface area contributed by atoms with Gasteiger partial charge in [0.2, 0.25) is 0 Å². The molecule has 0 saturated carbocycles. The average Bonchev–Trinajstić information content (AvgIpc) is 2.28. The molecule has 0 bridgehead atoms. The highest BCUT2D eigenvalue weighted by atomic mass is 35.5. The van der Waals surface area contributed by atoms with Crippen LogP contribution in [-0.4, -0.2) is 20.1 Å². The molecule has 1 N–H and O–H groups in total. The predicted octanol–water partition coefficient (Wildman–Crippen LogP) is 2.58. The van der Waals surface area contributed by atoms with E-state index in [4.69, 9.17) is 11.6 Å². The Balaban J connectivity index is 3.14. The molecule has 1 aromatic rings. The molecule has 0 aliphatic carbocycles. The lowest BCUT2D eigenvalue weighted by Gasteiger charge is -2.25. The summed E-state index contributed by atoms with van der Waals surface area (Å²) in [6.45, 7) is 4.08. The highest BCUT2D eigenvalue weighted by molar-refractivity contribution is 6.33. The third-order valence-corrected chi connectivity index (χ3v) is 3.03. The van der Waals surface area contributed by atoms with Crippen molar-refractivity contribution in [1.82, 2.24) is 5.32 Å². The van der Waals surface area contributed by atoms with Crippen LogP contribution in [0.25, 0.3) is 0 Å². The normalized spacial score (nSPS) is 11.3. The maximum Gasteiger partial charge on any atom is 0.339 e. The Morgan fingerprint density at radius 1 is 1.44 bits per heavy atom. The SMILES string of the molecule is CNC(C)(C)c1ccc(C(=O)OC)c(Cl)c1. The summed E-state index contributed by atoms with van der Waals surface area (Å²) in [6.07, 6.45) is 0. The van der Waals surface area contributed by atoms with Crippen molar-refractivity contribution in [2.45, 2.75) is 19.4 Å². The van der Waals surface area contributed by atoms with Gasteiger partial charge in [-0.3, -0.25) is 0 Å². The molecular weight excluding hydrogens is 226 g/mol. The van der Waals surface area contributed by atoms with Gasteiger partial charge in [0.15, 0.2) is 0 Å². The van der Waals surface area contributed by atoms with E-state index in [9.17, 15) is 4.79 Å². The third-order valence-electron chi connectivity index (χ3n) is 2.72. The fraction of sp³-hybridized carbons (Fsp3) is 0.417. The minimum Gasteiger partial charge on any atom is -0.465 e. The predicted molar refractivity (Wildman–Crippen MR) is 64.9 cm³/mol. The van der Waals surface area contributed by atoms with Gasteiger partial charge in [-0.25, -0.2) is 4.79 Å². The fourth-order valence-electron chi connectivity index (χ4n) is 1.32. The van der Waals surface area contributed by atoms with E-state index in [1.165, 1.54) is 7.11 Å². The molecule has 16 heavy (non-hydrogen) atoms. The van der Waals surface area contributed by atoms with Crippen LogP contribution in [0.2, 0.25) is 5.02 Å². The maximum absolute atomic E-state index is 11.3. The fourth-order valence-corrected chi connectivity index (χ4v) is 1.58. The number of hydrogen-bond acceptors (Lipinski definition) is 3. The van der Waals surface area contributed by atoms with E-state index in [1.807, 2.05) is 27.0 Å². The molecule has 1 aromatic carbocycles. The molecule has 0 aliphatic rings. The molecule has 0 unspecified atom stereocenters. The Bertz CT molecular complexity index is 402. The maximum atomic E-state index is 11.3. The molecule has 0 heterocycles. The molecule has 0 fully saturated rings. The summed E-state index contributed by atoms with van der Waals surface area (Å²) < 4.78 is 4.63. The first-order valence-electron chi connectivity index (χ1n) is 4.99. The van der Waals surface area contributed by atoms with E-state index >= 15 is 0 Å². The Kier molecular flexibility index (Phi) is 3.94. The van der Waals surface area contributed by atoms with Gasteiger partial charge in [-0.05, 0) is 38.6 Å². The van der Waals surface area contributed by atoms with Crippen molar-refractivity contribution in [3.8, 4) is 0 Å². The second kappa shape index (κ2) is 4.85. The molecule has 88 valence electrons. The van der Waals surface area contributed by atoms with Crippen molar-refractivity contribution in [3.63, 3.8) is 0 Å². The number of hydrogen-bond donors (Lipinski definition) is 1. The van der Waals surface area contributed by atoms with Gasteiger partial charge in [-0.15, -0.1) is 0 Å². The average molecular weight is 242 g/mol. The second-order valence-corrected chi connectivity index (χ2v) is 4.47. The number of carbonyl (C=O) groups excluding carboxylic acids is 1. The molecule has 0 spiro atoms. The van der Waals surface area contributed by atoms with Gasteiger partial charge in [0.1, 0.15) is 0 Å². The molecule has 0 atom stereocenters. The minimum absolute atomic E-state index is 0.182. The number of methoxy groups -OCH3 is 1. The van der Waals surface area contributed by atoms with Gasteiger partial charge in [0.25, 0.3) is 0 Å². The van der Waals surface area contributed by atoms with Crippen molar-refractivity contribution in [3.05, 3.63) is 34.3 Å². The Morgan fingerprint density at radius 2 is 2.06 bits per heavy atom. The van der Waals surface area contributed by atoms with Gasteiger partial charge in [-0.1, -0.05) is 17.7 Å². The number of rotatable bonds is 3. The number of esters is 1. The first-order valence-corrected chi connectivity index (χ1v) is 5.37. The summed E-state index contributed by atoms with van der Waals surface area (Å²) in [5.74, 6) is -0.418. The van der Waals surface area contributed by atoms with Gasteiger partial charge < -0.3 is 10.1 Å². The molecule has 0 radical (unpaired) electrons. The van der Waals surface area contributed by atoms with Crippen LogP contribution in [0.15, 0.2) is 18.2 Å². The van der Waals surface area contributed by atoms with Crippen molar-refractivity contribution >= 4 is 17.6 Å². The van der Waals surface area contributed by atoms with Crippen molar-refractivity contribution in [1.29, 1.82) is 0 Å². The Hall–Kier alpha value is -1.06. The lowest BCUT2D eigenvalue weighted by molar-refractivity contribution is 0.0601. The van der Waals surface area contributed by atoms with Crippen LogP contribution in [0.1, 0.15) is 29.8 Å². The van der Waals surface area contributed by atoms with Crippen LogP contribution in [0, 0.1) is 0 Å². The van der Waals surface area contributed by atoms with Crippen LogP contribution in [-0.2, 0) is 10.3 Å². The zero-order valence-corrected chi connectivity index (χ0v) is 10.7. The Morgan fingerprint density at radius 3 is 2.50 bits per heavy atom. The molecule has 1 rings (SSSR count). The molecule has 4 heteroatoms. The summed E-state index contributed by atoms with van der Waals surface area (Å²) in [5, 5.41) is 3.58. The number of ether oxygens (including phenoxy) is 1. The summed E-state index contributed by atoms with van der Waals surface area (Å²) >= 11 is 6.04. The molecule has 0 saturated heterocycles. The minimum atomic E-state index is -0.418. The smallest absolute Gasteiger partial charge is 0.339 e. The van der Waals surface area contributed by atoms with E-state index in [-0.39, 0.29) is 5.54 Å². The third kappa shape index (κ3) is 2.54. The highest BCUT2D eigenvalue weighted by Crippen LogP contribution is 2.25. The second-order valence-electron chi connectivity index (χ2n) is 4.06. The van der Waals surface area contributed by atoms with Crippen molar-refractivity contribution in [2.24, 2.45) is 0 Å². The lowest BCUT2D eigenvalue weighted by atomic mass is 9.94. The quantitative estimate of drug-likeness (QED) is 0.827. The first-order chi connectivity index (χ1) is 7.42. The number of halogens is 1. The van der Waals surface area contributed by atoms with E-state index in [1.54, 1.807) is 12.1 Å². The highest BCUT2D eigenvalue weighted by Gasteiger charge is 2.20. The van der Waals surface area contributed by atoms with E-state index < -0.39 is 5.97 Å². The van der Waals surface area contributed by atoms with E-state index in [0.29, 0.717) is 10.6 Å². The zero-order valence-electron chi connectivity index (χ0n) is 9.93. The van der Waals surface area contributed by atoms with E-state index in [0.717, 1.165) is 5.56 Å². The van der Waals surface area contributed by atoms with Gasteiger partial charge >= 0.3 is 5.97 Å². The molecule has 0 aliphatic heterocycles. The number of benzene rings is 1. The molecule has 0 aromatic heterocycles. The Labute approximate surface area is 101 Å². The molecule has 3 nitrogen and oxygen atoms in total. The summed E-state index contributed by atoms with van der Waals surface area (Å²) in [6, 6.07) is 5.33. The van der Waals surface area contributed by atoms with Crippen LogP contribution in [0.4, 0.5) is 0 Å². The van der Waals surface area contributed by atoms with Crippen molar-refractivity contribution < 1.29 is 9.53 Å². The van der Waals surface area contributed by atoms with Gasteiger partial charge in [0, 0.05) is 5.54 Å². The monoisotopic (exact) mass is 241 g/mol. The van der Waals surface area contributed by atoms with Crippen LogP contribution < -0.4 is 5.32 Å².